The maximum Gasteiger partial charge on any atom is 0.417 e. The maximum atomic E-state index is 14.4. The maximum absolute atomic E-state index is 14.4. The third-order valence-corrected chi connectivity index (χ3v) is 11.9. The Morgan fingerprint density at radius 3 is 1.78 bits per heavy atom. The number of nitriles is 1. The smallest absolute Gasteiger partial charge is 0.417 e. The molecule has 77 heavy (non-hydrogen) atoms. The van der Waals surface area contributed by atoms with Gasteiger partial charge in [0.2, 0.25) is 5.91 Å². The molecule has 10 rings (SSSR count). The molecule has 1 aromatic carbocycles. The minimum absolute atomic E-state index is 0. The number of rotatable bonds is 10. The van der Waals surface area contributed by atoms with Crippen molar-refractivity contribution in [3.8, 4) is 58.3 Å². The second kappa shape index (κ2) is 31.0. The largest absolute Gasteiger partial charge is 0.456 e. The standard InChI is InChI=1S/C36H30F3N5O2.2C10H8N2.C4H10.C2H6.Ru/c1-2-3-8-33(45)43-22-23-11-13-41-31(17-23)32-19-24(12-14-42-32)26(21-40)9-10-27-20-30(36(37,38)39)29-18-25-6-4-15-44-16-5-7-28(34(25)44)35(29)46-27;2*1-3-7-11-9(5-1)10-6-2-4-8-12-10;1-3-4-2;1-2;/h1,9-14,17-20H,3-8,15-16,22H2,(H,43,45);2*1-8H;3-4H2,1-2H3;1-2H3;/b26-9+,27-10-;;;;;. The first-order chi connectivity index (χ1) is 37.1. The van der Waals surface area contributed by atoms with Crippen LogP contribution in [0.15, 0.2) is 164 Å². The van der Waals surface area contributed by atoms with Gasteiger partial charge in [-0.1, -0.05) is 64.8 Å². The number of aromatic nitrogens is 6. The normalized spacial score (nSPS) is 13.3. The van der Waals surface area contributed by atoms with Crippen molar-refractivity contribution in [2.45, 2.75) is 91.8 Å². The molecule has 0 saturated carbocycles. The number of pyridine rings is 6. The number of benzene rings is 1. The van der Waals surface area contributed by atoms with E-state index in [1.54, 1.807) is 61.3 Å². The fourth-order valence-corrected chi connectivity index (χ4v) is 8.19. The summed E-state index contributed by atoms with van der Waals surface area (Å²) >= 11 is 0. The number of hydrogen-bond acceptors (Lipinski definition) is 10. The zero-order chi connectivity index (χ0) is 54.1. The van der Waals surface area contributed by atoms with E-state index < -0.39 is 11.7 Å². The van der Waals surface area contributed by atoms with Crippen LogP contribution in [0.3, 0.4) is 0 Å². The van der Waals surface area contributed by atoms with E-state index in [2.05, 4.69) is 66.0 Å². The van der Waals surface area contributed by atoms with Gasteiger partial charge in [-0.25, -0.2) is 0 Å². The van der Waals surface area contributed by atoms with Gasteiger partial charge < -0.3 is 15.0 Å². The summed E-state index contributed by atoms with van der Waals surface area (Å²) in [5, 5.41) is 12.8. The molecule has 11 nitrogen and oxygen atoms in total. The Bertz CT molecular complexity index is 3010. The summed E-state index contributed by atoms with van der Waals surface area (Å²) in [6.07, 6.45) is 21.1. The summed E-state index contributed by atoms with van der Waals surface area (Å²) in [4.78, 5) is 39.7. The number of carbonyl (C=O) groups is 1. The van der Waals surface area contributed by atoms with Gasteiger partial charge in [0.1, 0.15) is 11.5 Å². The number of aryl methyl sites for hydroxylation is 1. The molecule has 396 valence electrons. The summed E-state index contributed by atoms with van der Waals surface area (Å²) < 4.78 is 49.3. The number of carbonyl (C=O) groups excluding carboxylic acids is 1. The third kappa shape index (κ3) is 17.2. The molecule has 0 fully saturated rings. The monoisotopic (exact) mass is 1120 g/mol. The molecule has 0 radical (unpaired) electrons. The molecule has 15 heteroatoms. The van der Waals surface area contributed by atoms with Gasteiger partial charge in [0.25, 0.3) is 0 Å². The van der Waals surface area contributed by atoms with Crippen molar-refractivity contribution in [2.75, 3.05) is 18.0 Å². The van der Waals surface area contributed by atoms with E-state index in [1.165, 1.54) is 31.2 Å². The zero-order valence-corrected chi connectivity index (χ0v) is 45.5. The number of amides is 1. The number of alkyl halides is 3. The quantitative estimate of drug-likeness (QED) is 0.0799. The van der Waals surface area contributed by atoms with Gasteiger partial charge in [-0.2, -0.15) is 18.4 Å². The Kier molecular flexibility index (Phi) is 24.1. The molecule has 3 aliphatic heterocycles. The van der Waals surface area contributed by atoms with E-state index >= 15 is 0 Å². The van der Waals surface area contributed by atoms with E-state index in [0.717, 1.165) is 83.6 Å². The van der Waals surface area contributed by atoms with Crippen LogP contribution < -0.4 is 15.0 Å². The van der Waals surface area contributed by atoms with Crippen LogP contribution in [-0.2, 0) is 43.7 Å². The van der Waals surface area contributed by atoms with Gasteiger partial charge in [-0.3, -0.25) is 34.7 Å². The van der Waals surface area contributed by atoms with Crippen molar-refractivity contribution in [3.05, 3.63) is 192 Å². The van der Waals surface area contributed by atoms with Crippen LogP contribution in [0.4, 0.5) is 18.9 Å². The molecule has 0 saturated heterocycles. The average Bonchev–Trinajstić information content (AvgIpc) is 3.48. The van der Waals surface area contributed by atoms with Crippen molar-refractivity contribution in [1.82, 2.24) is 35.2 Å². The zero-order valence-electron chi connectivity index (χ0n) is 43.7. The molecule has 0 unspecified atom stereocenters. The first kappa shape index (κ1) is 59.7. The fourth-order valence-electron chi connectivity index (χ4n) is 8.19. The van der Waals surface area contributed by atoms with E-state index in [-0.39, 0.29) is 61.0 Å². The molecule has 1 amide bonds. The molecular formula is C62H62F3N9O2Ru. The van der Waals surface area contributed by atoms with Crippen LogP contribution in [0.25, 0.3) is 45.3 Å². The average molecular weight is 1120 g/mol. The van der Waals surface area contributed by atoms with Crippen LogP contribution in [-0.4, -0.2) is 55.1 Å². The number of allylic oxidation sites excluding steroid dienone is 5. The van der Waals surface area contributed by atoms with Crippen molar-refractivity contribution in [3.63, 3.8) is 0 Å². The first-order valence-corrected chi connectivity index (χ1v) is 25.6. The molecule has 0 spiro atoms. The topological polar surface area (TPSA) is 143 Å². The fraction of sp³-hybridized carbons (Fsp3) is 0.258. The van der Waals surface area contributed by atoms with Crippen molar-refractivity contribution in [1.29, 1.82) is 5.26 Å². The van der Waals surface area contributed by atoms with Crippen molar-refractivity contribution < 1.29 is 42.2 Å². The van der Waals surface area contributed by atoms with Gasteiger partial charge in [-0.05, 0) is 139 Å². The number of fused-ring (bicyclic) bond motifs is 2. The minimum Gasteiger partial charge on any atom is -0.456 e. The van der Waals surface area contributed by atoms with Crippen LogP contribution in [0.2, 0.25) is 0 Å². The number of anilines is 1. The third-order valence-electron chi connectivity index (χ3n) is 11.9. The van der Waals surface area contributed by atoms with Crippen LogP contribution in [0.1, 0.15) is 94.0 Å². The number of nitrogens with one attached hydrogen (secondary N) is 1. The predicted octanol–water partition coefficient (Wildman–Crippen LogP) is 13.8. The van der Waals surface area contributed by atoms with Crippen LogP contribution in [0.5, 0.6) is 5.75 Å². The molecular weight excluding hydrogens is 1060 g/mol. The Balaban J connectivity index is 0.000000283. The number of halogens is 3. The van der Waals surface area contributed by atoms with E-state index in [9.17, 15) is 23.2 Å². The van der Waals surface area contributed by atoms with Crippen LogP contribution in [0, 0.1) is 23.7 Å². The number of ether oxygens (including phenoxy) is 1. The number of nitrogens with zero attached hydrogens (tertiary/aromatic N) is 8. The van der Waals surface area contributed by atoms with E-state index in [4.69, 9.17) is 11.2 Å². The number of hydrogen-bond donors (Lipinski definition) is 1. The molecule has 6 aromatic heterocycles. The second-order valence-corrected chi connectivity index (χ2v) is 17.2. The predicted molar refractivity (Wildman–Crippen MR) is 296 cm³/mol. The van der Waals surface area contributed by atoms with Gasteiger partial charge >= 0.3 is 6.18 Å². The molecule has 7 aromatic rings. The first-order valence-electron chi connectivity index (χ1n) is 25.6. The second-order valence-electron chi connectivity index (χ2n) is 17.2. The van der Waals surface area contributed by atoms with Gasteiger partial charge in [-0.15, -0.1) is 12.3 Å². The molecule has 0 bridgehead atoms. The molecule has 3 aliphatic rings. The van der Waals surface area contributed by atoms with E-state index in [1.807, 2.05) is 86.6 Å². The van der Waals surface area contributed by atoms with Gasteiger partial charge in [0.05, 0.1) is 51.4 Å². The minimum atomic E-state index is -4.59. The molecule has 0 atom stereocenters. The number of terminal acetylenes is 1. The molecule has 1 N–H and O–H groups in total. The summed E-state index contributed by atoms with van der Waals surface area (Å²) in [6, 6.07) is 33.9. The Morgan fingerprint density at radius 2 is 1.27 bits per heavy atom. The Morgan fingerprint density at radius 1 is 0.740 bits per heavy atom. The van der Waals surface area contributed by atoms with Crippen molar-refractivity contribution >= 4 is 22.7 Å². The van der Waals surface area contributed by atoms with Crippen molar-refractivity contribution in [2.24, 2.45) is 0 Å². The Labute approximate surface area is 463 Å². The SMILES string of the molecule is C#CCCC(=O)NCc1ccnc(-c2cc(/C(C#N)=C/C=C3/C=C(C(F)(F)F)c4cc5c6c(c4O3)CCCN6CCC5)ccn2)c1.CC.CCCC.[Ru].c1ccc(-c2ccccn2)nc1.c1ccc(-c2ccccn2)nc1. The Hall–Kier alpha value is -8.13. The van der Waals surface area contributed by atoms with Gasteiger partial charge in [0.15, 0.2) is 0 Å². The summed E-state index contributed by atoms with van der Waals surface area (Å²) in [5.41, 5.74) is 8.31. The van der Waals surface area contributed by atoms with E-state index in [0.29, 0.717) is 29.8 Å². The molecule has 9 heterocycles. The summed E-state index contributed by atoms with van der Waals surface area (Å²) in [5.74, 6) is 2.54. The number of unbranched alkanes of at least 4 members (excludes halogenated alkanes) is 1. The summed E-state index contributed by atoms with van der Waals surface area (Å²) in [7, 11) is 0. The molecule has 0 aliphatic carbocycles. The summed E-state index contributed by atoms with van der Waals surface area (Å²) in [6.45, 7) is 10.4. The van der Waals surface area contributed by atoms with Gasteiger partial charge in [0, 0.05) is 106 Å². The van der Waals surface area contributed by atoms with Crippen LogP contribution >= 0.6 is 0 Å².